The first-order valence-corrected chi connectivity index (χ1v) is 7.50. The highest BCUT2D eigenvalue weighted by Crippen LogP contribution is 2.24. The fourth-order valence-corrected chi connectivity index (χ4v) is 3.20. The molecule has 0 unspecified atom stereocenters. The second kappa shape index (κ2) is 6.53. The number of rotatable bonds is 3. The maximum atomic E-state index is 12.1. The highest BCUT2D eigenvalue weighted by Gasteiger charge is 2.27. The lowest BCUT2D eigenvalue weighted by atomic mass is 10.2. The molecule has 4 heteroatoms. The summed E-state index contributed by atoms with van der Waals surface area (Å²) < 4.78 is 0. The average molecular weight is 253 g/mol. The Morgan fingerprint density at radius 1 is 1.17 bits per heavy atom. The van der Waals surface area contributed by atoms with Gasteiger partial charge in [-0.25, -0.2) is 0 Å². The predicted octanol–water partition coefficient (Wildman–Crippen LogP) is 1.20. The molecule has 0 spiro atoms. The third-order valence-electron chi connectivity index (χ3n) is 4.44. The van der Waals surface area contributed by atoms with Crippen LogP contribution in [0.4, 0.5) is 0 Å². The first kappa shape index (κ1) is 13.8. The van der Waals surface area contributed by atoms with Crippen LogP contribution in [0, 0.1) is 0 Å². The van der Waals surface area contributed by atoms with E-state index in [0.717, 1.165) is 45.1 Å². The Morgan fingerprint density at radius 2 is 1.89 bits per heavy atom. The van der Waals surface area contributed by atoms with Crippen LogP contribution in [-0.2, 0) is 4.79 Å². The SMILES string of the molecule is CC[C@H](N)C(=O)N1CCCN(C2CCCC2)CC1. The first-order valence-electron chi connectivity index (χ1n) is 7.50. The second-order valence-corrected chi connectivity index (χ2v) is 5.67. The maximum absolute atomic E-state index is 12.1. The first-order chi connectivity index (χ1) is 8.72. The minimum atomic E-state index is -0.303. The van der Waals surface area contributed by atoms with E-state index in [1.165, 1.54) is 25.7 Å². The predicted molar refractivity (Wildman–Crippen MR) is 73.3 cm³/mol. The number of nitrogens with two attached hydrogens (primary N) is 1. The molecular formula is C14H27N3O. The normalized spacial score (nSPS) is 25.1. The lowest BCUT2D eigenvalue weighted by Gasteiger charge is -2.27. The van der Waals surface area contributed by atoms with Crippen LogP contribution in [0.3, 0.4) is 0 Å². The van der Waals surface area contributed by atoms with Gasteiger partial charge in [0.05, 0.1) is 6.04 Å². The molecule has 1 saturated carbocycles. The minimum Gasteiger partial charge on any atom is -0.340 e. The van der Waals surface area contributed by atoms with Gasteiger partial charge in [0.1, 0.15) is 0 Å². The summed E-state index contributed by atoms with van der Waals surface area (Å²) in [6.45, 7) is 5.91. The van der Waals surface area contributed by atoms with Crippen LogP contribution < -0.4 is 5.73 Å². The molecule has 0 aromatic carbocycles. The summed E-state index contributed by atoms with van der Waals surface area (Å²) >= 11 is 0. The monoisotopic (exact) mass is 253 g/mol. The molecule has 1 heterocycles. The van der Waals surface area contributed by atoms with Crippen molar-refractivity contribution in [2.45, 2.75) is 57.5 Å². The maximum Gasteiger partial charge on any atom is 0.239 e. The zero-order valence-corrected chi connectivity index (χ0v) is 11.6. The summed E-state index contributed by atoms with van der Waals surface area (Å²) in [4.78, 5) is 16.7. The van der Waals surface area contributed by atoms with Crippen molar-refractivity contribution < 1.29 is 4.79 Å². The molecule has 1 amide bonds. The molecular weight excluding hydrogens is 226 g/mol. The lowest BCUT2D eigenvalue weighted by Crippen LogP contribution is -2.45. The Bertz CT molecular complexity index is 276. The fourth-order valence-electron chi connectivity index (χ4n) is 3.20. The molecule has 2 N–H and O–H groups in total. The van der Waals surface area contributed by atoms with Gasteiger partial charge in [0.2, 0.25) is 5.91 Å². The summed E-state index contributed by atoms with van der Waals surface area (Å²) in [7, 11) is 0. The van der Waals surface area contributed by atoms with E-state index in [9.17, 15) is 4.79 Å². The second-order valence-electron chi connectivity index (χ2n) is 5.67. The van der Waals surface area contributed by atoms with Crippen LogP contribution in [0.25, 0.3) is 0 Å². The number of nitrogens with zero attached hydrogens (tertiary/aromatic N) is 2. The Hall–Kier alpha value is -0.610. The number of amides is 1. The quantitative estimate of drug-likeness (QED) is 0.822. The van der Waals surface area contributed by atoms with Gasteiger partial charge in [0.15, 0.2) is 0 Å². The zero-order valence-electron chi connectivity index (χ0n) is 11.6. The number of hydrogen-bond acceptors (Lipinski definition) is 3. The molecule has 18 heavy (non-hydrogen) atoms. The van der Waals surface area contributed by atoms with Crippen LogP contribution >= 0.6 is 0 Å². The summed E-state index contributed by atoms with van der Waals surface area (Å²) in [5.41, 5.74) is 5.85. The van der Waals surface area contributed by atoms with E-state index in [4.69, 9.17) is 5.73 Å². The third-order valence-corrected chi connectivity index (χ3v) is 4.44. The van der Waals surface area contributed by atoms with Crippen LogP contribution in [0.1, 0.15) is 45.4 Å². The van der Waals surface area contributed by atoms with Gasteiger partial charge in [0.25, 0.3) is 0 Å². The van der Waals surface area contributed by atoms with Crippen molar-refractivity contribution in [3.05, 3.63) is 0 Å². The van der Waals surface area contributed by atoms with Gasteiger partial charge in [-0.05, 0) is 25.7 Å². The number of hydrogen-bond donors (Lipinski definition) is 1. The molecule has 2 fully saturated rings. The van der Waals surface area contributed by atoms with E-state index in [0.29, 0.717) is 0 Å². The molecule has 2 aliphatic rings. The zero-order chi connectivity index (χ0) is 13.0. The molecule has 104 valence electrons. The third kappa shape index (κ3) is 3.23. The molecule has 2 rings (SSSR count). The Balaban J connectivity index is 1.85. The van der Waals surface area contributed by atoms with Crippen LogP contribution in [0.5, 0.6) is 0 Å². The van der Waals surface area contributed by atoms with Gasteiger partial charge in [-0.2, -0.15) is 0 Å². The minimum absolute atomic E-state index is 0.144. The molecule has 0 aromatic heterocycles. The van der Waals surface area contributed by atoms with Gasteiger partial charge in [0, 0.05) is 32.2 Å². The van der Waals surface area contributed by atoms with E-state index in [1.807, 2.05) is 11.8 Å². The molecule has 1 aliphatic heterocycles. The largest absolute Gasteiger partial charge is 0.340 e. The van der Waals surface area contributed by atoms with Crippen LogP contribution in [0.2, 0.25) is 0 Å². The van der Waals surface area contributed by atoms with Crippen molar-refractivity contribution >= 4 is 5.91 Å². The molecule has 4 nitrogen and oxygen atoms in total. The summed E-state index contributed by atoms with van der Waals surface area (Å²) in [5, 5.41) is 0. The van der Waals surface area contributed by atoms with Gasteiger partial charge in [-0.1, -0.05) is 19.8 Å². The molecule has 0 bridgehead atoms. The van der Waals surface area contributed by atoms with E-state index in [2.05, 4.69) is 4.90 Å². The Kier molecular flexibility index (Phi) is 5.01. The highest BCUT2D eigenvalue weighted by atomic mass is 16.2. The molecule has 0 radical (unpaired) electrons. The molecule has 1 atom stereocenters. The van der Waals surface area contributed by atoms with Crippen molar-refractivity contribution in [1.82, 2.24) is 9.80 Å². The fraction of sp³-hybridized carbons (Fsp3) is 0.929. The topological polar surface area (TPSA) is 49.6 Å². The Labute approximate surface area is 110 Å². The standard InChI is InChI=1S/C14H27N3O/c1-2-13(15)14(18)17-9-5-8-16(10-11-17)12-6-3-4-7-12/h12-13H,2-11,15H2,1H3/t13-/m0/s1. The van der Waals surface area contributed by atoms with Gasteiger partial charge in [-0.3, -0.25) is 9.69 Å². The highest BCUT2D eigenvalue weighted by molar-refractivity contribution is 5.81. The average Bonchev–Trinajstić information content (AvgIpc) is 2.82. The van der Waals surface area contributed by atoms with Crippen molar-refractivity contribution in [2.24, 2.45) is 5.73 Å². The molecule has 0 aromatic rings. The van der Waals surface area contributed by atoms with E-state index >= 15 is 0 Å². The van der Waals surface area contributed by atoms with Crippen molar-refractivity contribution in [2.75, 3.05) is 26.2 Å². The van der Waals surface area contributed by atoms with Crippen molar-refractivity contribution in [3.8, 4) is 0 Å². The number of carbonyl (C=O) groups excluding carboxylic acids is 1. The summed E-state index contributed by atoms with van der Waals surface area (Å²) in [6, 6.07) is 0.475. The van der Waals surface area contributed by atoms with E-state index in [-0.39, 0.29) is 11.9 Å². The van der Waals surface area contributed by atoms with E-state index < -0.39 is 0 Å². The van der Waals surface area contributed by atoms with Gasteiger partial charge >= 0.3 is 0 Å². The smallest absolute Gasteiger partial charge is 0.239 e. The molecule has 1 saturated heterocycles. The van der Waals surface area contributed by atoms with Crippen molar-refractivity contribution in [3.63, 3.8) is 0 Å². The van der Waals surface area contributed by atoms with Gasteiger partial charge < -0.3 is 10.6 Å². The van der Waals surface area contributed by atoms with Crippen LogP contribution in [-0.4, -0.2) is 54.0 Å². The van der Waals surface area contributed by atoms with Crippen molar-refractivity contribution in [1.29, 1.82) is 0 Å². The lowest BCUT2D eigenvalue weighted by molar-refractivity contribution is -0.132. The van der Waals surface area contributed by atoms with E-state index in [1.54, 1.807) is 0 Å². The molecule has 1 aliphatic carbocycles. The van der Waals surface area contributed by atoms with Crippen LogP contribution in [0.15, 0.2) is 0 Å². The Morgan fingerprint density at radius 3 is 2.56 bits per heavy atom. The summed E-state index contributed by atoms with van der Waals surface area (Å²) in [6.07, 6.45) is 7.29. The number of carbonyl (C=O) groups is 1. The summed E-state index contributed by atoms with van der Waals surface area (Å²) in [5.74, 6) is 0.144. The van der Waals surface area contributed by atoms with Gasteiger partial charge in [-0.15, -0.1) is 0 Å².